The van der Waals surface area contributed by atoms with Gasteiger partial charge in [-0.3, -0.25) is 4.39 Å². The molecule has 0 saturated heterocycles. The molecule has 316 valence electrons. The second kappa shape index (κ2) is 17.5. The Hall–Kier alpha value is -6.02. The molecule has 7 aromatic carbocycles. The number of hydrogen-bond acceptors (Lipinski definition) is 4. The van der Waals surface area contributed by atoms with Gasteiger partial charge in [0.15, 0.2) is 0 Å². The van der Waals surface area contributed by atoms with Crippen LogP contribution < -0.4 is 10.1 Å². The van der Waals surface area contributed by atoms with Gasteiger partial charge in [0.2, 0.25) is 0 Å². The van der Waals surface area contributed by atoms with Crippen LogP contribution in [0.2, 0.25) is 19.6 Å². The Morgan fingerprint density at radius 1 is 0.766 bits per heavy atom. The first-order valence-corrected chi connectivity index (χ1v) is 25.6. The minimum Gasteiger partial charge on any atom is -0.661 e. The average Bonchev–Trinajstić information content (AvgIpc) is 3.88. The summed E-state index contributed by atoms with van der Waals surface area (Å²) in [5, 5.41) is 14.0. The van der Waals surface area contributed by atoms with Crippen molar-refractivity contribution in [2.75, 3.05) is 4.90 Å². The van der Waals surface area contributed by atoms with Crippen LogP contribution in [0.1, 0.15) is 44.1 Å². The summed E-state index contributed by atoms with van der Waals surface area (Å²) in [5.74, 6) is -0.994. The monoisotopic (exact) mass is 1050 g/mol. The van der Waals surface area contributed by atoms with Crippen LogP contribution in [0.5, 0.6) is 0 Å². The Morgan fingerprint density at radius 2 is 1.53 bits per heavy atom. The van der Waals surface area contributed by atoms with Gasteiger partial charge in [-0.1, -0.05) is 141 Å². The van der Waals surface area contributed by atoms with Crippen LogP contribution in [-0.4, -0.2) is 18.0 Å². The van der Waals surface area contributed by atoms with Gasteiger partial charge in [-0.05, 0) is 92.2 Å². The minimum absolute atomic E-state index is 0. The zero-order valence-electron chi connectivity index (χ0n) is 37.5. The molecule has 8 heteroatoms. The number of aryl methyl sites for hydroxylation is 1. The van der Waals surface area contributed by atoms with E-state index < -0.39 is 14.0 Å². The summed E-state index contributed by atoms with van der Waals surface area (Å²) in [5.41, 5.74) is 10.2. The summed E-state index contributed by atoms with van der Waals surface area (Å²) in [7, 11) is -1.57. The first kappa shape index (κ1) is 42.0. The molecule has 0 radical (unpaired) electrons. The molecule has 0 amide bonds. The van der Waals surface area contributed by atoms with Crippen LogP contribution in [0, 0.1) is 24.9 Å². The first-order valence-electron chi connectivity index (χ1n) is 21.8. The van der Waals surface area contributed by atoms with Gasteiger partial charge in [-0.15, -0.1) is 46.5 Å². The fourth-order valence-corrected chi connectivity index (χ4v) is 11.6. The molecule has 1 atom stereocenters. The summed E-state index contributed by atoms with van der Waals surface area (Å²) in [4.78, 5) is 12.8. The van der Waals surface area contributed by atoms with Gasteiger partial charge in [0.25, 0.3) is 0 Å². The number of aromatic nitrogens is 2. The van der Waals surface area contributed by atoms with Crippen LogP contribution in [-0.2, 0) is 20.1 Å². The van der Waals surface area contributed by atoms with Crippen LogP contribution >= 0.6 is 11.3 Å². The van der Waals surface area contributed by atoms with E-state index in [1.54, 1.807) is 17.4 Å². The van der Waals surface area contributed by atoms with Gasteiger partial charge in [0.05, 0.1) is 8.07 Å². The second-order valence-corrected chi connectivity index (χ2v) is 23.5. The van der Waals surface area contributed by atoms with Crippen LogP contribution in [0.3, 0.4) is 0 Å². The third-order valence-electron chi connectivity index (χ3n) is 11.9. The van der Waals surface area contributed by atoms with Crippen molar-refractivity contribution >= 4 is 83.5 Å². The van der Waals surface area contributed by atoms with E-state index in [0.717, 1.165) is 50.0 Å². The van der Waals surface area contributed by atoms with Gasteiger partial charge in [-0.25, -0.2) is 4.98 Å². The molecule has 10 aromatic rings. The van der Waals surface area contributed by atoms with Gasteiger partial charge >= 0.3 is 20.1 Å². The third kappa shape index (κ3) is 8.05. The Kier molecular flexibility index (Phi) is 11.5. The molecular formula is C56H46FIrN4SSi. The normalized spacial score (nSPS) is 13.9. The van der Waals surface area contributed by atoms with Gasteiger partial charge < -0.3 is 15.2 Å². The molecule has 0 aliphatic carbocycles. The number of hydrogen-bond donors (Lipinski definition) is 0. The Balaban J connectivity index is 0.000000206. The fourth-order valence-electron chi connectivity index (χ4n) is 8.75. The zero-order valence-corrected chi connectivity index (χ0v) is 40.7. The molecule has 64 heavy (non-hydrogen) atoms. The number of benzene rings is 7. The SMILES string of the molecule is Cc1ccc2c(n1)sc1c(C3[N-]c4c(ccc5c4ccc4ccccc45)N3c3cccc(-c4ccccc4)c3)[c-]ccc12.[2H]C(C)(C)c1cc(-c2[c-]cc(F)cc2)ncc1[Si](C)(C)C.[Ir+3]. The van der Waals surface area contributed by atoms with Crippen LogP contribution in [0.15, 0.2) is 158 Å². The number of anilines is 2. The standard InChI is InChI=1S/C39H25N3S.C17H21FNSi.Ir/c1-24-17-19-33-32-15-8-16-34(37(32)43-39(33)40-24)38-41-36-31-20-18-26-11-5-6-14-29(26)30(31)21-22-35(36)42(38)28-13-7-12-27(23-28)25-9-3-2-4-10-25;1-12(2)15-10-16(13-6-8-14(18)9-7-13)19-11-17(15)20(3,4)5;/h2-15,17-23,38H,1H3;6,8-12H,1-5H3;/q-2;-1;+3/i;12D;. The molecule has 1 unspecified atom stereocenters. The van der Waals surface area contributed by atoms with Crippen molar-refractivity contribution in [1.82, 2.24) is 9.97 Å². The van der Waals surface area contributed by atoms with Crippen molar-refractivity contribution in [1.29, 1.82) is 0 Å². The van der Waals surface area contributed by atoms with Crippen molar-refractivity contribution in [3.8, 4) is 22.4 Å². The van der Waals surface area contributed by atoms with Crippen LogP contribution in [0.25, 0.3) is 69.5 Å². The largest absolute Gasteiger partial charge is 3.00 e. The molecule has 0 bridgehead atoms. The maximum Gasteiger partial charge on any atom is 3.00 e. The number of halogens is 1. The van der Waals surface area contributed by atoms with E-state index in [0.29, 0.717) is 0 Å². The maximum absolute atomic E-state index is 13.0. The molecule has 0 spiro atoms. The topological polar surface area (TPSA) is 43.1 Å². The van der Waals surface area contributed by atoms with Crippen molar-refractivity contribution in [3.05, 3.63) is 198 Å². The van der Waals surface area contributed by atoms with Crippen molar-refractivity contribution in [2.45, 2.75) is 52.5 Å². The number of thiophene rings is 1. The van der Waals surface area contributed by atoms with Gasteiger partial charge in [0.1, 0.15) is 4.83 Å². The summed E-state index contributed by atoms with van der Waals surface area (Å²) < 4.78 is 22.6. The molecule has 0 fully saturated rings. The molecule has 0 N–H and O–H groups in total. The Morgan fingerprint density at radius 3 is 2.31 bits per heavy atom. The molecular weight excluding hydrogens is 1000 g/mol. The van der Waals surface area contributed by atoms with E-state index in [9.17, 15) is 4.39 Å². The van der Waals surface area contributed by atoms with Gasteiger partial charge in [0, 0.05) is 30.5 Å². The van der Waals surface area contributed by atoms with E-state index in [4.69, 9.17) is 11.7 Å². The van der Waals surface area contributed by atoms with Crippen LogP contribution in [0.4, 0.5) is 21.5 Å². The summed E-state index contributed by atoms with van der Waals surface area (Å²) in [6.45, 7) is 12.6. The molecule has 3 aromatic heterocycles. The Labute approximate surface area is 394 Å². The molecule has 4 nitrogen and oxygen atoms in total. The smallest absolute Gasteiger partial charge is 0.661 e. The summed E-state index contributed by atoms with van der Waals surface area (Å²) >= 11 is 1.74. The van der Waals surface area contributed by atoms with Gasteiger partial charge in [-0.2, -0.15) is 29.5 Å². The minimum atomic E-state index is -1.57. The molecule has 11 rings (SSSR count). The van der Waals surface area contributed by atoms with E-state index in [1.807, 2.05) is 32.2 Å². The van der Waals surface area contributed by atoms with E-state index in [1.165, 1.54) is 65.5 Å². The van der Waals surface area contributed by atoms with Crippen molar-refractivity contribution in [3.63, 3.8) is 0 Å². The number of pyridine rings is 2. The predicted octanol–water partition coefficient (Wildman–Crippen LogP) is 15.7. The summed E-state index contributed by atoms with van der Waals surface area (Å²) in [6.07, 6.45) is 1.63. The average molecular weight is 1050 g/mol. The maximum atomic E-state index is 13.0. The Bertz CT molecular complexity index is 3380. The number of fused-ring (bicyclic) bond motifs is 8. The van der Waals surface area contributed by atoms with E-state index in [-0.39, 0.29) is 32.1 Å². The number of rotatable bonds is 6. The summed E-state index contributed by atoms with van der Waals surface area (Å²) in [6, 6.07) is 58.3. The van der Waals surface area contributed by atoms with E-state index in [2.05, 4.69) is 170 Å². The number of nitrogens with zero attached hydrogens (tertiary/aromatic N) is 4. The molecule has 4 heterocycles. The van der Waals surface area contributed by atoms with Crippen molar-refractivity contribution in [2.24, 2.45) is 0 Å². The van der Waals surface area contributed by atoms with Crippen molar-refractivity contribution < 1.29 is 25.9 Å². The molecule has 1 aliphatic rings. The fraction of sp³-hybridized carbons (Fsp3) is 0.143. The molecule has 0 saturated carbocycles. The van der Waals surface area contributed by atoms with E-state index >= 15 is 0 Å². The second-order valence-electron chi connectivity index (χ2n) is 17.4. The molecule has 1 aliphatic heterocycles. The first-order chi connectivity index (χ1) is 30.8. The third-order valence-corrected chi connectivity index (χ3v) is 15.1. The predicted molar refractivity (Wildman–Crippen MR) is 267 cm³/mol. The quantitative estimate of drug-likeness (QED) is 0.0947. The zero-order chi connectivity index (χ0) is 44.3.